The number of hydrogen-bond donors (Lipinski definition) is 0. The molecule has 0 aromatic heterocycles. The molecule has 0 unspecified atom stereocenters. The molecule has 0 radical (unpaired) electrons. The molecule has 150 valence electrons. The van der Waals surface area contributed by atoms with Crippen LogP contribution in [0.2, 0.25) is 0 Å². The molecule has 0 aliphatic carbocycles. The zero-order valence-corrected chi connectivity index (χ0v) is 17.6. The monoisotopic (exact) mass is 377 g/mol. The van der Waals surface area contributed by atoms with E-state index in [1.807, 2.05) is 42.2 Å². The lowest BCUT2D eigenvalue weighted by Gasteiger charge is -2.24. The molecule has 0 fully saturated rings. The lowest BCUT2D eigenvalue weighted by molar-refractivity contribution is -0.127. The van der Waals surface area contributed by atoms with Crippen LogP contribution in [-0.2, 0) is 17.8 Å². The van der Waals surface area contributed by atoms with Crippen molar-refractivity contribution in [1.29, 1.82) is 0 Å². The van der Waals surface area contributed by atoms with Crippen molar-refractivity contribution >= 4 is 5.91 Å². The van der Waals surface area contributed by atoms with Crippen LogP contribution in [0.4, 0.5) is 0 Å². The predicted octanol–water partition coefficient (Wildman–Crippen LogP) is 6.56. The Labute approximate surface area is 171 Å². The Morgan fingerprint density at radius 3 is 2.07 bits per heavy atom. The Hall–Kier alpha value is -2.35. The van der Waals surface area contributed by atoms with E-state index in [1.165, 1.54) is 36.8 Å². The Morgan fingerprint density at radius 2 is 1.46 bits per heavy atom. The molecular weight excluding hydrogens is 342 g/mol. The molecule has 0 N–H and O–H groups in total. The number of unbranched alkanes of at least 4 members (excludes halogenated alkanes) is 4. The van der Waals surface area contributed by atoms with Crippen LogP contribution in [-0.4, -0.2) is 17.4 Å². The van der Waals surface area contributed by atoms with Crippen molar-refractivity contribution in [2.75, 3.05) is 6.54 Å². The maximum Gasteiger partial charge on any atom is 0.249 e. The van der Waals surface area contributed by atoms with E-state index in [0.29, 0.717) is 6.54 Å². The largest absolute Gasteiger partial charge is 0.334 e. The van der Waals surface area contributed by atoms with Crippen molar-refractivity contribution in [3.63, 3.8) is 0 Å². The van der Waals surface area contributed by atoms with Crippen LogP contribution in [0.25, 0.3) is 0 Å². The van der Waals surface area contributed by atoms with Crippen LogP contribution in [0.15, 0.2) is 72.3 Å². The summed E-state index contributed by atoms with van der Waals surface area (Å²) in [4.78, 5) is 15.3. The van der Waals surface area contributed by atoms with Gasteiger partial charge in [-0.1, -0.05) is 99.3 Å². The summed E-state index contributed by atoms with van der Waals surface area (Å²) >= 11 is 0. The number of rotatable bonds is 12. The summed E-state index contributed by atoms with van der Waals surface area (Å²) in [5.74, 6) is 0.192. The quantitative estimate of drug-likeness (QED) is 0.303. The summed E-state index contributed by atoms with van der Waals surface area (Å²) in [6.07, 6.45) is 9.90. The number of hydrogen-bond acceptors (Lipinski definition) is 1. The summed E-state index contributed by atoms with van der Waals surface area (Å²) in [7, 11) is 0. The second-order valence-electron chi connectivity index (χ2n) is 7.43. The highest BCUT2D eigenvalue weighted by Gasteiger charge is 2.18. The minimum absolute atomic E-state index is 0.192. The molecule has 0 bridgehead atoms. The predicted molar refractivity (Wildman–Crippen MR) is 119 cm³/mol. The standard InChI is InChI=1S/C26H35NO/c1-3-5-6-7-14-19-25(4-2)26(28)27(22-24-17-12-9-13-18-24)21-20-23-15-10-8-11-16-23/h4,8-13,15-18H,3,5-7,14,19-22H2,1-2H3. The van der Waals surface area contributed by atoms with Crippen LogP contribution in [0.5, 0.6) is 0 Å². The van der Waals surface area contributed by atoms with Crippen LogP contribution < -0.4 is 0 Å². The van der Waals surface area contributed by atoms with Gasteiger partial charge in [-0.25, -0.2) is 0 Å². The van der Waals surface area contributed by atoms with Gasteiger partial charge in [0.05, 0.1) is 0 Å². The van der Waals surface area contributed by atoms with Gasteiger partial charge in [0, 0.05) is 18.7 Å². The highest BCUT2D eigenvalue weighted by Crippen LogP contribution is 2.16. The lowest BCUT2D eigenvalue weighted by atomic mass is 10.0. The number of carbonyl (C=O) groups excluding carboxylic acids is 1. The number of amides is 1. The number of benzene rings is 2. The van der Waals surface area contributed by atoms with Crippen LogP contribution in [0.1, 0.15) is 63.5 Å². The first-order valence-electron chi connectivity index (χ1n) is 10.8. The van der Waals surface area contributed by atoms with Gasteiger partial charge in [0.15, 0.2) is 0 Å². The topological polar surface area (TPSA) is 20.3 Å². The Balaban J connectivity index is 2.01. The summed E-state index contributed by atoms with van der Waals surface area (Å²) < 4.78 is 0. The van der Waals surface area contributed by atoms with E-state index >= 15 is 0 Å². The molecular formula is C26H35NO. The van der Waals surface area contributed by atoms with Gasteiger partial charge in [-0.3, -0.25) is 4.79 Å². The maximum absolute atomic E-state index is 13.3. The highest BCUT2D eigenvalue weighted by atomic mass is 16.2. The first-order chi connectivity index (χ1) is 13.7. The van der Waals surface area contributed by atoms with Crippen molar-refractivity contribution in [2.24, 2.45) is 0 Å². The van der Waals surface area contributed by atoms with E-state index in [0.717, 1.165) is 31.4 Å². The van der Waals surface area contributed by atoms with Crippen molar-refractivity contribution < 1.29 is 4.79 Å². The molecule has 0 heterocycles. The van der Waals surface area contributed by atoms with Gasteiger partial charge in [0.25, 0.3) is 0 Å². The molecule has 2 nitrogen and oxygen atoms in total. The normalized spacial score (nSPS) is 11.4. The molecule has 0 saturated heterocycles. The van der Waals surface area contributed by atoms with E-state index in [2.05, 4.69) is 43.3 Å². The third-order valence-corrected chi connectivity index (χ3v) is 5.19. The lowest BCUT2D eigenvalue weighted by Crippen LogP contribution is -2.33. The first-order valence-corrected chi connectivity index (χ1v) is 10.8. The molecule has 2 aromatic carbocycles. The minimum atomic E-state index is 0.192. The van der Waals surface area contributed by atoms with Crippen LogP contribution >= 0.6 is 0 Å². The van der Waals surface area contributed by atoms with Crippen molar-refractivity contribution in [3.05, 3.63) is 83.4 Å². The fourth-order valence-corrected chi connectivity index (χ4v) is 3.46. The third-order valence-electron chi connectivity index (χ3n) is 5.19. The smallest absolute Gasteiger partial charge is 0.249 e. The van der Waals surface area contributed by atoms with Gasteiger partial charge in [-0.15, -0.1) is 0 Å². The fraction of sp³-hybridized carbons (Fsp3) is 0.423. The first kappa shape index (κ1) is 21.9. The Morgan fingerprint density at radius 1 is 0.857 bits per heavy atom. The molecule has 0 atom stereocenters. The van der Waals surface area contributed by atoms with Gasteiger partial charge >= 0.3 is 0 Å². The average molecular weight is 378 g/mol. The molecule has 0 spiro atoms. The van der Waals surface area contributed by atoms with Crippen molar-refractivity contribution in [1.82, 2.24) is 4.90 Å². The molecule has 2 aromatic rings. The van der Waals surface area contributed by atoms with Gasteiger partial charge in [0.1, 0.15) is 0 Å². The van der Waals surface area contributed by atoms with E-state index < -0.39 is 0 Å². The van der Waals surface area contributed by atoms with Gasteiger partial charge in [-0.05, 0) is 37.3 Å². The average Bonchev–Trinajstić information content (AvgIpc) is 2.75. The maximum atomic E-state index is 13.3. The Bertz CT molecular complexity index is 706. The second kappa shape index (κ2) is 12.9. The molecule has 2 rings (SSSR count). The Kier molecular flexibility index (Phi) is 10.1. The summed E-state index contributed by atoms with van der Waals surface area (Å²) in [5, 5.41) is 0. The third kappa shape index (κ3) is 7.72. The summed E-state index contributed by atoms with van der Waals surface area (Å²) in [5.41, 5.74) is 3.41. The van der Waals surface area contributed by atoms with Gasteiger partial charge in [-0.2, -0.15) is 0 Å². The van der Waals surface area contributed by atoms with Crippen LogP contribution in [0, 0.1) is 0 Å². The van der Waals surface area contributed by atoms with E-state index in [4.69, 9.17) is 0 Å². The zero-order chi connectivity index (χ0) is 20.0. The zero-order valence-electron chi connectivity index (χ0n) is 17.6. The van der Waals surface area contributed by atoms with Crippen molar-refractivity contribution in [2.45, 2.75) is 65.3 Å². The summed E-state index contributed by atoms with van der Waals surface area (Å²) in [6, 6.07) is 20.7. The highest BCUT2D eigenvalue weighted by molar-refractivity contribution is 5.93. The second-order valence-corrected chi connectivity index (χ2v) is 7.43. The molecule has 1 amide bonds. The fourth-order valence-electron chi connectivity index (χ4n) is 3.46. The van der Waals surface area contributed by atoms with Gasteiger partial charge < -0.3 is 4.90 Å². The van der Waals surface area contributed by atoms with Crippen molar-refractivity contribution in [3.8, 4) is 0 Å². The number of carbonyl (C=O) groups is 1. The SMILES string of the molecule is CC=C(CCCCCCC)C(=O)N(CCc1ccccc1)Cc1ccccc1. The van der Waals surface area contributed by atoms with Crippen LogP contribution in [0.3, 0.4) is 0 Å². The molecule has 28 heavy (non-hydrogen) atoms. The molecule has 0 aliphatic heterocycles. The molecule has 0 saturated carbocycles. The van der Waals surface area contributed by atoms with Gasteiger partial charge in [0.2, 0.25) is 5.91 Å². The van der Waals surface area contributed by atoms with E-state index in [9.17, 15) is 4.79 Å². The summed E-state index contributed by atoms with van der Waals surface area (Å²) in [6.45, 7) is 5.64. The van der Waals surface area contributed by atoms with E-state index in [1.54, 1.807) is 0 Å². The number of nitrogens with zero attached hydrogens (tertiary/aromatic N) is 1. The molecule has 0 aliphatic rings. The number of allylic oxidation sites excluding steroid dienone is 1. The molecule has 2 heteroatoms. The minimum Gasteiger partial charge on any atom is -0.334 e. The van der Waals surface area contributed by atoms with E-state index in [-0.39, 0.29) is 5.91 Å².